The first-order valence-corrected chi connectivity index (χ1v) is 8.78. The number of hydrogen-bond donors (Lipinski definition) is 3. The fourth-order valence-electron chi connectivity index (χ4n) is 2.78. The van der Waals surface area contributed by atoms with Gasteiger partial charge in [-0.1, -0.05) is 0 Å². The van der Waals surface area contributed by atoms with Crippen LogP contribution in [0, 0.1) is 0 Å². The molecule has 2 aromatic heterocycles. The summed E-state index contributed by atoms with van der Waals surface area (Å²) < 4.78 is 0.887. The summed E-state index contributed by atoms with van der Waals surface area (Å²) in [5.41, 5.74) is -1.19. The lowest BCUT2D eigenvalue weighted by Crippen LogP contribution is -2.47. The summed E-state index contributed by atoms with van der Waals surface area (Å²) in [6, 6.07) is 1.17. The van der Waals surface area contributed by atoms with Crippen LogP contribution in [0.4, 0.5) is 10.7 Å². The monoisotopic (exact) mass is 391 g/mol. The van der Waals surface area contributed by atoms with Crippen LogP contribution in [0.3, 0.4) is 0 Å². The van der Waals surface area contributed by atoms with E-state index in [1.54, 1.807) is 0 Å². The fourth-order valence-corrected chi connectivity index (χ4v) is 2.78. The molecule has 1 aliphatic rings. The summed E-state index contributed by atoms with van der Waals surface area (Å²) in [4.78, 5) is 53.4. The average molecular weight is 391 g/mol. The minimum Gasteiger partial charge on any atom is -0.465 e. The zero-order valence-electron chi connectivity index (χ0n) is 15.1. The zero-order valence-corrected chi connectivity index (χ0v) is 15.1. The van der Waals surface area contributed by atoms with Crippen LogP contribution in [0.1, 0.15) is 6.42 Å². The van der Waals surface area contributed by atoms with Gasteiger partial charge < -0.3 is 20.2 Å². The highest BCUT2D eigenvalue weighted by atomic mass is 16.7. The van der Waals surface area contributed by atoms with Gasteiger partial charge in [-0.25, -0.2) is 19.6 Å². The van der Waals surface area contributed by atoms with Crippen LogP contribution in [0.25, 0.3) is 0 Å². The Bertz CT molecular complexity index is 903. The largest absolute Gasteiger partial charge is 0.465 e. The number of piperazine rings is 1. The number of hydrogen-bond acceptors (Lipinski definition) is 8. The number of aromatic amines is 1. The molecule has 0 unspecified atom stereocenters. The number of nitrogens with one attached hydrogen (secondary N) is 2. The number of amides is 1. The lowest BCUT2D eigenvalue weighted by molar-refractivity contribution is 0.192. The zero-order chi connectivity index (χ0) is 19.9. The number of rotatable bonds is 7. The minimum absolute atomic E-state index is 0.266. The van der Waals surface area contributed by atoms with Gasteiger partial charge in [0.05, 0.1) is 18.6 Å². The molecule has 0 aromatic carbocycles. The third-order valence-corrected chi connectivity index (χ3v) is 4.19. The maximum atomic E-state index is 11.6. The molecule has 150 valence electrons. The van der Waals surface area contributed by atoms with Gasteiger partial charge in [0.15, 0.2) is 5.75 Å². The Morgan fingerprint density at radius 3 is 2.57 bits per heavy atom. The molecular formula is C16H21N7O5. The Balaban J connectivity index is 1.48. The first kappa shape index (κ1) is 19.4. The third kappa shape index (κ3) is 5.30. The number of carboxylic acid groups (broad SMARTS) is 1. The summed E-state index contributed by atoms with van der Waals surface area (Å²) in [7, 11) is 0. The molecule has 0 saturated carbocycles. The van der Waals surface area contributed by atoms with Crippen LogP contribution in [-0.4, -0.2) is 75.1 Å². The second kappa shape index (κ2) is 8.99. The Hall–Kier alpha value is -3.41. The van der Waals surface area contributed by atoms with Gasteiger partial charge in [-0.2, -0.15) is 0 Å². The normalized spacial score (nSPS) is 14.6. The van der Waals surface area contributed by atoms with Crippen molar-refractivity contribution in [2.24, 2.45) is 0 Å². The standard InChI is InChI=1S/C16H21N7O5/c24-13-2-5-23(15(25)20-13)28-12-10-18-14(19-11-12)22-8-6-21(7-9-22)4-1-3-17-16(26)27/h2,5,10-11,17H,1,3-4,6-9H2,(H,26,27)(H,20,24,25). The van der Waals surface area contributed by atoms with Crippen molar-refractivity contribution in [2.45, 2.75) is 6.42 Å². The maximum Gasteiger partial charge on any atom is 0.404 e. The van der Waals surface area contributed by atoms with E-state index >= 15 is 0 Å². The molecule has 0 bridgehead atoms. The molecule has 1 fully saturated rings. The first-order valence-electron chi connectivity index (χ1n) is 8.78. The van der Waals surface area contributed by atoms with Crippen LogP contribution in [0.2, 0.25) is 0 Å². The molecule has 0 aliphatic carbocycles. The van der Waals surface area contributed by atoms with Crippen molar-refractivity contribution in [1.29, 1.82) is 0 Å². The molecule has 3 N–H and O–H groups in total. The highest BCUT2D eigenvalue weighted by molar-refractivity contribution is 5.64. The van der Waals surface area contributed by atoms with E-state index in [0.717, 1.165) is 43.9 Å². The van der Waals surface area contributed by atoms with Gasteiger partial charge >= 0.3 is 11.8 Å². The van der Waals surface area contributed by atoms with E-state index in [0.29, 0.717) is 12.5 Å². The smallest absolute Gasteiger partial charge is 0.404 e. The average Bonchev–Trinajstić information content (AvgIpc) is 2.68. The van der Waals surface area contributed by atoms with Gasteiger partial charge in [0.1, 0.15) is 0 Å². The summed E-state index contributed by atoms with van der Waals surface area (Å²) in [6.07, 6.45) is 3.91. The Morgan fingerprint density at radius 1 is 1.21 bits per heavy atom. The van der Waals surface area contributed by atoms with Crippen molar-refractivity contribution >= 4 is 12.0 Å². The molecule has 0 radical (unpaired) electrons. The predicted octanol–water partition coefficient (Wildman–Crippen LogP) is -1.05. The molecule has 3 rings (SSSR count). The van der Waals surface area contributed by atoms with Crippen LogP contribution in [0.5, 0.6) is 5.75 Å². The molecule has 1 amide bonds. The van der Waals surface area contributed by atoms with Gasteiger partial charge in [-0.05, 0) is 13.0 Å². The van der Waals surface area contributed by atoms with Crippen LogP contribution in [0.15, 0.2) is 34.2 Å². The quantitative estimate of drug-likeness (QED) is 0.503. The molecule has 0 spiro atoms. The van der Waals surface area contributed by atoms with Gasteiger partial charge in [-0.3, -0.25) is 14.7 Å². The van der Waals surface area contributed by atoms with E-state index in [1.807, 2.05) is 4.90 Å². The molecular weight excluding hydrogens is 370 g/mol. The van der Waals surface area contributed by atoms with Crippen LogP contribution < -0.4 is 26.3 Å². The van der Waals surface area contributed by atoms with Crippen LogP contribution >= 0.6 is 0 Å². The van der Waals surface area contributed by atoms with Crippen LogP contribution in [-0.2, 0) is 0 Å². The summed E-state index contributed by atoms with van der Waals surface area (Å²) in [5, 5.41) is 10.9. The minimum atomic E-state index is -1.00. The van der Waals surface area contributed by atoms with Crippen molar-refractivity contribution in [2.75, 3.05) is 44.2 Å². The second-order valence-electron chi connectivity index (χ2n) is 6.16. The van der Waals surface area contributed by atoms with Crippen molar-refractivity contribution in [3.63, 3.8) is 0 Å². The predicted molar refractivity (Wildman–Crippen MR) is 98.7 cm³/mol. The first-order chi connectivity index (χ1) is 13.5. The molecule has 0 atom stereocenters. The maximum absolute atomic E-state index is 11.6. The number of nitrogens with zero attached hydrogens (tertiary/aromatic N) is 5. The second-order valence-corrected chi connectivity index (χ2v) is 6.16. The van der Waals surface area contributed by atoms with Gasteiger partial charge in [0, 0.05) is 38.8 Å². The number of aromatic nitrogens is 4. The lowest BCUT2D eigenvalue weighted by Gasteiger charge is -2.34. The Kier molecular flexibility index (Phi) is 6.22. The fraction of sp³-hybridized carbons (Fsp3) is 0.438. The summed E-state index contributed by atoms with van der Waals surface area (Å²) in [6.45, 7) is 4.45. The highest BCUT2D eigenvalue weighted by Crippen LogP contribution is 2.14. The summed E-state index contributed by atoms with van der Waals surface area (Å²) >= 11 is 0. The SMILES string of the molecule is O=C(O)NCCCN1CCN(c2ncc(On3ccc(=O)[nH]c3=O)cn2)CC1. The topological polar surface area (TPSA) is 146 Å². The van der Waals surface area contributed by atoms with E-state index in [2.05, 4.69) is 25.2 Å². The van der Waals surface area contributed by atoms with E-state index in [1.165, 1.54) is 24.7 Å². The molecule has 1 aliphatic heterocycles. The third-order valence-electron chi connectivity index (χ3n) is 4.19. The van der Waals surface area contributed by atoms with E-state index in [4.69, 9.17) is 9.94 Å². The van der Waals surface area contributed by atoms with Crippen molar-refractivity contribution in [1.82, 2.24) is 29.9 Å². The lowest BCUT2D eigenvalue weighted by atomic mass is 10.3. The van der Waals surface area contributed by atoms with Crippen molar-refractivity contribution in [3.8, 4) is 5.75 Å². The molecule has 1 saturated heterocycles. The Morgan fingerprint density at radius 2 is 1.93 bits per heavy atom. The molecule has 12 nitrogen and oxygen atoms in total. The van der Waals surface area contributed by atoms with E-state index in [-0.39, 0.29) is 5.75 Å². The van der Waals surface area contributed by atoms with Crippen molar-refractivity contribution in [3.05, 3.63) is 45.5 Å². The molecule has 3 heterocycles. The van der Waals surface area contributed by atoms with Gasteiger partial charge in [0.25, 0.3) is 5.56 Å². The highest BCUT2D eigenvalue weighted by Gasteiger charge is 2.18. The van der Waals surface area contributed by atoms with E-state index < -0.39 is 17.3 Å². The van der Waals surface area contributed by atoms with Crippen molar-refractivity contribution < 1.29 is 14.7 Å². The van der Waals surface area contributed by atoms with Gasteiger partial charge in [0.2, 0.25) is 5.95 Å². The molecule has 12 heteroatoms. The number of H-pyrrole nitrogens is 1. The number of anilines is 1. The van der Waals surface area contributed by atoms with E-state index in [9.17, 15) is 14.4 Å². The Labute approximate surface area is 159 Å². The molecule has 28 heavy (non-hydrogen) atoms. The van der Waals surface area contributed by atoms with Gasteiger partial charge in [-0.15, -0.1) is 4.73 Å². The summed E-state index contributed by atoms with van der Waals surface area (Å²) in [5.74, 6) is 0.829. The molecule has 2 aromatic rings. The number of carbonyl (C=O) groups is 1.